The lowest BCUT2D eigenvalue weighted by Gasteiger charge is -2.11. The number of amides is 1. The molecule has 2 saturated carbocycles. The van der Waals surface area contributed by atoms with Crippen molar-refractivity contribution in [2.45, 2.75) is 54.8 Å². The Labute approximate surface area is 205 Å². The molecule has 1 aromatic heterocycles. The Morgan fingerprint density at radius 1 is 1.11 bits per heavy atom. The van der Waals surface area contributed by atoms with Gasteiger partial charge in [-0.3, -0.25) is 9.69 Å². The Morgan fingerprint density at radius 2 is 1.83 bits per heavy atom. The zero-order valence-electron chi connectivity index (χ0n) is 19.9. The largest absolute Gasteiger partial charge is 0.392 e. The van der Waals surface area contributed by atoms with Crippen LogP contribution in [0.2, 0.25) is 0 Å². The zero-order valence-corrected chi connectivity index (χ0v) is 20.7. The van der Waals surface area contributed by atoms with Crippen LogP contribution in [0.25, 0.3) is 0 Å². The summed E-state index contributed by atoms with van der Waals surface area (Å²) in [7, 11) is 0.528. The number of anilines is 1. The fourth-order valence-electron chi connectivity index (χ4n) is 3.64. The Bertz CT molecular complexity index is 1240. The number of nitrogens with one attached hydrogen (secondary N) is 1. The Kier molecular flexibility index (Phi) is 7.78. The molecule has 1 amide bonds. The van der Waals surface area contributed by atoms with Crippen molar-refractivity contribution in [2.75, 3.05) is 26.0 Å². The van der Waals surface area contributed by atoms with E-state index in [1.54, 1.807) is 12.1 Å². The fourth-order valence-corrected chi connectivity index (χ4v) is 5.30. The summed E-state index contributed by atoms with van der Waals surface area (Å²) in [5.74, 6) is 5.61. The molecule has 1 N–H and O–H groups in total. The van der Waals surface area contributed by atoms with E-state index in [-0.39, 0.29) is 27.8 Å². The highest BCUT2D eigenvalue weighted by atomic mass is 32.2. The van der Waals surface area contributed by atoms with Gasteiger partial charge in [-0.15, -0.1) is 0 Å². The highest BCUT2D eigenvalue weighted by molar-refractivity contribution is 7.92. The lowest BCUT2D eigenvalue weighted by molar-refractivity contribution is -0.110. The molecule has 9 nitrogen and oxygen atoms in total. The van der Waals surface area contributed by atoms with Gasteiger partial charge in [-0.05, 0) is 70.7 Å². The first-order chi connectivity index (χ1) is 16.8. The summed E-state index contributed by atoms with van der Waals surface area (Å²) in [6, 6.07) is 6.20. The highest BCUT2D eigenvalue weighted by Crippen LogP contribution is 2.33. The van der Waals surface area contributed by atoms with Crippen molar-refractivity contribution in [1.82, 2.24) is 14.9 Å². The molecule has 35 heavy (non-hydrogen) atoms. The summed E-state index contributed by atoms with van der Waals surface area (Å²) in [4.78, 5) is 29.4. The summed E-state index contributed by atoms with van der Waals surface area (Å²) in [6.07, 6.45) is 8.17. The second-order valence-corrected chi connectivity index (χ2v) is 11.2. The van der Waals surface area contributed by atoms with E-state index in [1.165, 1.54) is 24.5 Å². The first-order valence-electron chi connectivity index (χ1n) is 11.7. The average molecular weight is 496 g/mol. The quantitative estimate of drug-likeness (QED) is 0.340. The van der Waals surface area contributed by atoms with E-state index in [0.29, 0.717) is 30.6 Å². The molecule has 0 bridgehead atoms. The summed E-state index contributed by atoms with van der Waals surface area (Å²) >= 11 is 0. The van der Waals surface area contributed by atoms with Crippen molar-refractivity contribution in [3.63, 3.8) is 0 Å². The molecule has 2 aromatic rings. The van der Waals surface area contributed by atoms with E-state index in [1.807, 2.05) is 19.0 Å². The van der Waals surface area contributed by atoms with Crippen molar-refractivity contribution >= 4 is 27.3 Å². The summed E-state index contributed by atoms with van der Waals surface area (Å²) in [5.41, 5.74) is 0.995. The first-order valence-corrected chi connectivity index (χ1v) is 13.2. The Hall–Kier alpha value is -3.29. The number of benzene rings is 1. The van der Waals surface area contributed by atoms with Crippen molar-refractivity contribution in [3.05, 3.63) is 47.9 Å². The number of nitrogens with zero attached hydrogens (tertiary/aromatic N) is 4. The normalized spacial score (nSPS) is 16.6. The van der Waals surface area contributed by atoms with Gasteiger partial charge in [0, 0.05) is 5.56 Å². The molecule has 0 unspecified atom stereocenters. The molecule has 2 aliphatic rings. The fraction of sp³-hybridized carbons (Fsp3) is 0.440. The van der Waals surface area contributed by atoms with Crippen LogP contribution in [0, 0.1) is 11.8 Å². The third-order valence-corrected chi connectivity index (χ3v) is 8.01. The smallest absolute Gasteiger partial charge is 0.279 e. The highest BCUT2D eigenvalue weighted by Gasteiger charge is 2.36. The minimum absolute atomic E-state index is 0.0351. The number of carbonyl (C=O) groups is 1. The molecule has 0 radical (unpaired) electrons. The summed E-state index contributed by atoms with van der Waals surface area (Å²) in [6.45, 7) is 0.599. The molecule has 184 valence electrons. The summed E-state index contributed by atoms with van der Waals surface area (Å²) < 4.78 is 25.0. The van der Waals surface area contributed by atoms with Crippen LogP contribution < -0.4 is 5.32 Å². The van der Waals surface area contributed by atoms with Gasteiger partial charge in [0.2, 0.25) is 0 Å². The molecule has 1 heterocycles. The van der Waals surface area contributed by atoms with Crippen LogP contribution in [0.1, 0.15) is 49.8 Å². The second-order valence-electron chi connectivity index (χ2n) is 9.00. The number of hydrogen-bond acceptors (Lipinski definition) is 8. The van der Waals surface area contributed by atoms with Gasteiger partial charge in [-0.2, -0.15) is 0 Å². The Morgan fingerprint density at radius 3 is 2.43 bits per heavy atom. The monoisotopic (exact) mass is 495 g/mol. The van der Waals surface area contributed by atoms with Crippen LogP contribution >= 0.6 is 0 Å². The SMILES string of the molecule is CN(C)CC#Cc1cnc(NC(=O)C(=NOC2CCCC2)c2ccc(S(=O)(=O)C3CC3)cc2)cn1. The number of rotatable bonds is 8. The molecule has 0 atom stereocenters. The predicted octanol–water partition coefficient (Wildman–Crippen LogP) is 2.63. The van der Waals surface area contributed by atoms with E-state index in [4.69, 9.17) is 4.84 Å². The average Bonchev–Trinajstić information content (AvgIpc) is 3.58. The van der Waals surface area contributed by atoms with E-state index in [0.717, 1.165) is 25.7 Å². The lowest BCUT2D eigenvalue weighted by Crippen LogP contribution is -2.25. The number of sulfone groups is 1. The minimum Gasteiger partial charge on any atom is -0.392 e. The lowest BCUT2D eigenvalue weighted by atomic mass is 10.1. The second kappa shape index (κ2) is 11.0. The van der Waals surface area contributed by atoms with Crippen LogP contribution in [-0.2, 0) is 19.5 Å². The topological polar surface area (TPSA) is 114 Å². The molecule has 10 heteroatoms. The molecule has 0 saturated heterocycles. The third kappa shape index (κ3) is 6.65. The maximum absolute atomic E-state index is 13.1. The maximum Gasteiger partial charge on any atom is 0.279 e. The Balaban J connectivity index is 1.51. The van der Waals surface area contributed by atoms with Crippen molar-refractivity contribution < 1.29 is 18.0 Å². The molecule has 2 fully saturated rings. The van der Waals surface area contributed by atoms with Crippen molar-refractivity contribution in [2.24, 2.45) is 5.16 Å². The van der Waals surface area contributed by atoms with Gasteiger partial charge in [0.25, 0.3) is 5.91 Å². The van der Waals surface area contributed by atoms with Crippen molar-refractivity contribution in [1.29, 1.82) is 0 Å². The molecule has 0 aliphatic heterocycles. The molecule has 4 rings (SSSR count). The number of aromatic nitrogens is 2. The van der Waals surface area contributed by atoms with E-state index >= 15 is 0 Å². The molecule has 0 spiro atoms. The van der Waals surface area contributed by atoms with E-state index in [9.17, 15) is 13.2 Å². The van der Waals surface area contributed by atoms with Gasteiger partial charge in [0.1, 0.15) is 11.8 Å². The first kappa shape index (κ1) is 24.8. The maximum atomic E-state index is 13.1. The predicted molar refractivity (Wildman–Crippen MR) is 133 cm³/mol. The van der Waals surface area contributed by atoms with Crippen molar-refractivity contribution in [3.8, 4) is 11.8 Å². The minimum atomic E-state index is -3.32. The van der Waals surface area contributed by atoms with Gasteiger partial charge in [0.05, 0.1) is 29.1 Å². The van der Waals surface area contributed by atoms with Gasteiger partial charge in [0.15, 0.2) is 21.4 Å². The number of hydrogen-bond donors (Lipinski definition) is 1. The molecular weight excluding hydrogens is 466 g/mol. The number of oxime groups is 1. The number of carbonyl (C=O) groups excluding carboxylic acids is 1. The third-order valence-electron chi connectivity index (χ3n) is 5.74. The van der Waals surface area contributed by atoms with Crippen LogP contribution in [0.4, 0.5) is 5.82 Å². The van der Waals surface area contributed by atoms with Crippen LogP contribution in [0.15, 0.2) is 46.7 Å². The van der Waals surface area contributed by atoms with Crippen LogP contribution in [0.5, 0.6) is 0 Å². The summed E-state index contributed by atoms with van der Waals surface area (Å²) in [5, 5.41) is 6.56. The zero-order chi connectivity index (χ0) is 24.8. The molecule has 1 aromatic carbocycles. The standard InChI is InChI=1S/C25H29N5O4S/c1-30(2)15-5-6-19-16-27-23(17-26-19)28-25(31)24(29-34-20-7-3-4-8-20)18-9-11-21(12-10-18)35(32,33)22-13-14-22/h9-12,16-17,20,22H,3-4,7-8,13-15H2,1-2H3,(H,27,28,31). The molecular formula is C25H29N5O4S. The molecule has 2 aliphatic carbocycles. The van der Waals surface area contributed by atoms with Crippen LogP contribution in [0.3, 0.4) is 0 Å². The van der Waals surface area contributed by atoms with Crippen LogP contribution in [-0.4, -0.2) is 66.9 Å². The van der Waals surface area contributed by atoms with Gasteiger partial charge < -0.3 is 10.2 Å². The van der Waals surface area contributed by atoms with E-state index < -0.39 is 15.7 Å². The van der Waals surface area contributed by atoms with Gasteiger partial charge in [-0.1, -0.05) is 23.2 Å². The van der Waals surface area contributed by atoms with Gasteiger partial charge >= 0.3 is 0 Å². The van der Waals surface area contributed by atoms with Gasteiger partial charge in [-0.25, -0.2) is 18.4 Å². The van der Waals surface area contributed by atoms with E-state index in [2.05, 4.69) is 32.3 Å².